The van der Waals surface area contributed by atoms with Crippen LogP contribution in [0, 0.1) is 0 Å². The Morgan fingerprint density at radius 1 is 1.11 bits per heavy atom. The van der Waals surface area contributed by atoms with Gasteiger partial charge in [0.2, 0.25) is 6.10 Å². The Kier molecular flexibility index (Phi) is 4.03. The SMILES string of the molecule is CC(=O)O[C@H]1[C@@H]2OC(=O)[C@@H](OC(C)=O)[C@H]2O[C@@H]1n1cnc2[nH]c(=O)[nH]c(=O)c21. The molecule has 0 radical (unpaired) electrons. The van der Waals surface area contributed by atoms with Crippen LogP contribution in [0.1, 0.15) is 20.1 Å². The van der Waals surface area contributed by atoms with Gasteiger partial charge in [-0.15, -0.1) is 0 Å². The molecule has 0 saturated carbocycles. The fourth-order valence-corrected chi connectivity index (χ4v) is 3.38. The molecule has 2 saturated heterocycles. The van der Waals surface area contributed by atoms with Crippen LogP contribution in [0.5, 0.6) is 0 Å². The number of nitrogens with zero attached hydrogens (tertiary/aromatic N) is 2. The molecule has 148 valence electrons. The molecular weight excluding hydrogens is 380 g/mol. The molecule has 2 fully saturated rings. The zero-order valence-electron chi connectivity index (χ0n) is 14.5. The van der Waals surface area contributed by atoms with Gasteiger partial charge in [0.25, 0.3) is 5.56 Å². The zero-order chi connectivity index (χ0) is 20.2. The Labute approximate surface area is 154 Å². The third kappa shape index (κ3) is 2.76. The predicted molar refractivity (Wildman–Crippen MR) is 85.9 cm³/mol. The number of esters is 3. The molecule has 2 aliphatic heterocycles. The Morgan fingerprint density at radius 3 is 2.50 bits per heavy atom. The third-order valence-electron chi connectivity index (χ3n) is 4.35. The van der Waals surface area contributed by atoms with Crippen LogP contribution in [0.2, 0.25) is 0 Å². The van der Waals surface area contributed by atoms with Crippen LogP contribution >= 0.6 is 0 Å². The number of fused-ring (bicyclic) bond motifs is 2. The minimum atomic E-state index is -1.35. The van der Waals surface area contributed by atoms with Crippen molar-refractivity contribution in [3.05, 3.63) is 27.2 Å². The van der Waals surface area contributed by atoms with E-state index in [1.807, 2.05) is 0 Å². The first-order valence-electron chi connectivity index (χ1n) is 8.16. The Bertz CT molecular complexity index is 1100. The number of ether oxygens (including phenoxy) is 4. The predicted octanol–water partition coefficient (Wildman–Crippen LogP) is -1.90. The van der Waals surface area contributed by atoms with Crippen LogP contribution in [0.25, 0.3) is 11.2 Å². The van der Waals surface area contributed by atoms with Crippen LogP contribution in [0.4, 0.5) is 0 Å². The first-order chi connectivity index (χ1) is 13.3. The van der Waals surface area contributed by atoms with Gasteiger partial charge in [-0.05, 0) is 0 Å². The molecule has 2 aromatic heterocycles. The number of hydrogen-bond donors (Lipinski definition) is 2. The van der Waals surface area contributed by atoms with Crippen molar-refractivity contribution in [1.29, 1.82) is 0 Å². The zero-order valence-corrected chi connectivity index (χ0v) is 14.5. The monoisotopic (exact) mass is 394 g/mol. The summed E-state index contributed by atoms with van der Waals surface area (Å²) >= 11 is 0. The molecule has 0 aromatic carbocycles. The highest BCUT2D eigenvalue weighted by atomic mass is 16.7. The van der Waals surface area contributed by atoms with E-state index in [0.717, 1.165) is 13.8 Å². The molecule has 0 amide bonds. The van der Waals surface area contributed by atoms with Crippen molar-refractivity contribution >= 4 is 29.1 Å². The van der Waals surface area contributed by atoms with E-state index >= 15 is 0 Å². The summed E-state index contributed by atoms with van der Waals surface area (Å²) in [5.41, 5.74) is -1.54. The molecule has 0 unspecified atom stereocenters. The van der Waals surface area contributed by atoms with Crippen molar-refractivity contribution in [2.75, 3.05) is 0 Å². The molecule has 4 heterocycles. The van der Waals surface area contributed by atoms with Crippen LogP contribution < -0.4 is 11.2 Å². The van der Waals surface area contributed by atoms with Crippen LogP contribution in [0.15, 0.2) is 15.9 Å². The summed E-state index contributed by atoms with van der Waals surface area (Å²) in [4.78, 5) is 66.9. The number of hydrogen-bond acceptors (Lipinski definition) is 10. The lowest BCUT2D eigenvalue weighted by Crippen LogP contribution is -2.36. The molecular formula is C15H14N4O9. The molecule has 13 nitrogen and oxygen atoms in total. The summed E-state index contributed by atoms with van der Waals surface area (Å²) in [6.07, 6.45) is -4.54. The number of carbonyl (C=O) groups is 3. The van der Waals surface area contributed by atoms with Gasteiger partial charge in [0.15, 0.2) is 29.6 Å². The maximum Gasteiger partial charge on any atom is 0.350 e. The summed E-state index contributed by atoms with van der Waals surface area (Å²) in [5, 5.41) is 0. The van der Waals surface area contributed by atoms with Gasteiger partial charge in [0, 0.05) is 13.8 Å². The molecule has 0 aliphatic carbocycles. The minimum absolute atomic E-state index is 0.00971. The van der Waals surface area contributed by atoms with E-state index in [1.54, 1.807) is 0 Å². The summed E-state index contributed by atoms with van der Waals surface area (Å²) < 4.78 is 22.5. The van der Waals surface area contributed by atoms with Crippen molar-refractivity contribution in [2.45, 2.75) is 44.5 Å². The van der Waals surface area contributed by atoms with Gasteiger partial charge in [-0.25, -0.2) is 14.6 Å². The average Bonchev–Trinajstić information content (AvgIpc) is 3.22. The smallest absolute Gasteiger partial charge is 0.350 e. The molecule has 0 bridgehead atoms. The molecule has 28 heavy (non-hydrogen) atoms. The summed E-state index contributed by atoms with van der Waals surface area (Å²) in [5.74, 6) is -2.24. The largest absolute Gasteiger partial charge is 0.454 e. The van der Waals surface area contributed by atoms with Crippen LogP contribution in [-0.4, -0.2) is 61.8 Å². The van der Waals surface area contributed by atoms with E-state index in [4.69, 9.17) is 18.9 Å². The van der Waals surface area contributed by atoms with Gasteiger partial charge in [0.05, 0.1) is 0 Å². The topological polar surface area (TPSA) is 172 Å². The average molecular weight is 394 g/mol. The molecule has 2 N–H and O–H groups in total. The number of rotatable bonds is 3. The number of aromatic amines is 2. The fourth-order valence-electron chi connectivity index (χ4n) is 3.38. The van der Waals surface area contributed by atoms with Crippen molar-refractivity contribution in [3.63, 3.8) is 0 Å². The van der Waals surface area contributed by atoms with E-state index in [0.29, 0.717) is 0 Å². The molecule has 2 aromatic rings. The number of carbonyl (C=O) groups excluding carboxylic acids is 3. The number of aromatic nitrogens is 4. The van der Waals surface area contributed by atoms with Crippen molar-refractivity contribution in [1.82, 2.24) is 19.5 Å². The number of imidazole rings is 1. The summed E-state index contributed by atoms with van der Waals surface area (Å²) in [7, 11) is 0. The van der Waals surface area contributed by atoms with Gasteiger partial charge in [-0.3, -0.25) is 28.9 Å². The second-order valence-corrected chi connectivity index (χ2v) is 6.25. The molecule has 0 spiro atoms. The highest BCUT2D eigenvalue weighted by molar-refractivity contribution is 5.82. The molecule has 5 atom stereocenters. The van der Waals surface area contributed by atoms with Gasteiger partial charge >= 0.3 is 23.6 Å². The van der Waals surface area contributed by atoms with E-state index < -0.39 is 59.8 Å². The second-order valence-electron chi connectivity index (χ2n) is 6.25. The van der Waals surface area contributed by atoms with Gasteiger partial charge in [-0.2, -0.15) is 0 Å². The van der Waals surface area contributed by atoms with E-state index in [2.05, 4.69) is 15.0 Å². The number of H-pyrrole nitrogens is 2. The standard InChI is InChI=1S/C15H14N4O9/c1-4(20)25-9-7-8(10(14(23)28-7)26-5(2)21)27-13(9)19-3-16-11-6(19)12(22)18-15(24)17-11/h3,7-10,13H,1-2H3,(H2,17,18,22,24)/t7-,8+,9+,10+,13+/m1/s1. The van der Waals surface area contributed by atoms with Crippen LogP contribution in [-0.2, 0) is 33.3 Å². The van der Waals surface area contributed by atoms with Crippen molar-refractivity contribution in [2.24, 2.45) is 0 Å². The number of nitrogens with one attached hydrogen (secondary N) is 2. The fraction of sp³-hybridized carbons (Fsp3) is 0.467. The first-order valence-corrected chi connectivity index (χ1v) is 8.16. The van der Waals surface area contributed by atoms with Gasteiger partial charge < -0.3 is 18.9 Å². The third-order valence-corrected chi connectivity index (χ3v) is 4.35. The van der Waals surface area contributed by atoms with E-state index in [9.17, 15) is 24.0 Å². The molecule has 2 aliphatic rings. The van der Waals surface area contributed by atoms with Crippen LogP contribution in [0.3, 0.4) is 0 Å². The van der Waals surface area contributed by atoms with Gasteiger partial charge in [-0.1, -0.05) is 0 Å². The summed E-state index contributed by atoms with van der Waals surface area (Å²) in [6, 6.07) is 0. The van der Waals surface area contributed by atoms with E-state index in [1.165, 1.54) is 10.9 Å². The van der Waals surface area contributed by atoms with Crippen molar-refractivity contribution in [3.8, 4) is 0 Å². The lowest BCUT2D eigenvalue weighted by atomic mass is 10.1. The molecule has 13 heteroatoms. The Morgan fingerprint density at radius 2 is 1.82 bits per heavy atom. The van der Waals surface area contributed by atoms with E-state index in [-0.39, 0.29) is 11.2 Å². The second kappa shape index (κ2) is 6.30. The highest BCUT2D eigenvalue weighted by Crippen LogP contribution is 2.40. The van der Waals surface area contributed by atoms with Crippen molar-refractivity contribution < 1.29 is 33.3 Å². The lowest BCUT2D eigenvalue weighted by molar-refractivity contribution is -0.174. The summed E-state index contributed by atoms with van der Waals surface area (Å²) in [6.45, 7) is 2.27. The molecule has 4 rings (SSSR count). The highest BCUT2D eigenvalue weighted by Gasteiger charge is 2.61. The first kappa shape index (κ1) is 17.9. The van der Waals surface area contributed by atoms with Gasteiger partial charge in [0.1, 0.15) is 12.4 Å². The Balaban J connectivity index is 1.78. The normalized spacial score (nSPS) is 28.8. The quantitative estimate of drug-likeness (QED) is 0.442. The minimum Gasteiger partial charge on any atom is -0.454 e. The maximum absolute atomic E-state index is 12.2. The lowest BCUT2D eigenvalue weighted by Gasteiger charge is -2.22. The Hall–Kier alpha value is -3.48. The maximum atomic E-state index is 12.2.